The molecule has 0 saturated heterocycles. The third kappa shape index (κ3) is 2.45. The molecule has 0 saturated carbocycles. The number of anilines is 2. The summed E-state index contributed by atoms with van der Waals surface area (Å²) in [6.45, 7) is 2.12. The maximum absolute atomic E-state index is 5.98. The predicted octanol–water partition coefficient (Wildman–Crippen LogP) is 3.45. The number of pyridine rings is 1. The molecule has 4 nitrogen and oxygen atoms in total. The minimum absolute atomic E-state index is 0.245. The summed E-state index contributed by atoms with van der Waals surface area (Å²) < 4.78 is 5.37. The molecule has 0 amide bonds. The first-order valence-electron chi connectivity index (χ1n) is 6.66. The van der Waals surface area contributed by atoms with E-state index in [0.29, 0.717) is 0 Å². The van der Waals surface area contributed by atoms with Gasteiger partial charge in [0.2, 0.25) is 0 Å². The number of nitrogens with zero attached hydrogens (tertiary/aromatic N) is 1. The van der Waals surface area contributed by atoms with Crippen molar-refractivity contribution < 1.29 is 4.42 Å². The first-order valence-corrected chi connectivity index (χ1v) is 6.66. The van der Waals surface area contributed by atoms with Crippen LogP contribution >= 0.6 is 0 Å². The molecule has 102 valence electrons. The van der Waals surface area contributed by atoms with Crippen molar-refractivity contribution in [3.8, 4) is 0 Å². The van der Waals surface area contributed by atoms with Crippen molar-refractivity contribution in [2.45, 2.75) is 19.4 Å². The molecule has 3 N–H and O–H groups in total. The monoisotopic (exact) mass is 267 g/mol. The second kappa shape index (κ2) is 5.25. The van der Waals surface area contributed by atoms with Crippen LogP contribution in [0.3, 0.4) is 0 Å². The average Bonchev–Trinajstić information content (AvgIpc) is 2.95. The Morgan fingerprint density at radius 2 is 2.15 bits per heavy atom. The van der Waals surface area contributed by atoms with E-state index in [9.17, 15) is 0 Å². The molecule has 0 fully saturated rings. The minimum atomic E-state index is 0.245. The van der Waals surface area contributed by atoms with Crippen LogP contribution in [0.2, 0.25) is 0 Å². The molecule has 0 aliphatic heterocycles. The Labute approximate surface area is 117 Å². The van der Waals surface area contributed by atoms with Crippen molar-refractivity contribution in [2.24, 2.45) is 0 Å². The predicted molar refractivity (Wildman–Crippen MR) is 81.7 cm³/mol. The van der Waals surface area contributed by atoms with Gasteiger partial charge in [-0.05, 0) is 43.3 Å². The second-order valence-corrected chi connectivity index (χ2v) is 4.93. The normalized spacial score (nSPS) is 12.4. The SMILES string of the molecule is CC(Cc1ccco1)Nc1ccc(N)c2cccnc12. The number of hydrogen-bond acceptors (Lipinski definition) is 4. The van der Waals surface area contributed by atoms with Gasteiger partial charge in [0, 0.05) is 29.7 Å². The van der Waals surface area contributed by atoms with Gasteiger partial charge in [0.25, 0.3) is 0 Å². The van der Waals surface area contributed by atoms with E-state index in [1.165, 1.54) is 0 Å². The van der Waals surface area contributed by atoms with E-state index < -0.39 is 0 Å². The number of hydrogen-bond donors (Lipinski definition) is 2. The van der Waals surface area contributed by atoms with Crippen molar-refractivity contribution in [3.63, 3.8) is 0 Å². The summed E-state index contributed by atoms with van der Waals surface area (Å²) in [6, 6.07) is 11.9. The van der Waals surface area contributed by atoms with Crippen LogP contribution in [0.25, 0.3) is 10.9 Å². The minimum Gasteiger partial charge on any atom is -0.469 e. The maximum Gasteiger partial charge on any atom is 0.105 e. The molecule has 2 heterocycles. The quantitative estimate of drug-likeness (QED) is 0.711. The van der Waals surface area contributed by atoms with Crippen molar-refractivity contribution in [3.05, 3.63) is 54.6 Å². The van der Waals surface area contributed by atoms with Gasteiger partial charge < -0.3 is 15.5 Å². The summed E-state index contributed by atoms with van der Waals surface area (Å²) in [6.07, 6.45) is 4.30. The van der Waals surface area contributed by atoms with E-state index in [2.05, 4.69) is 17.2 Å². The molecule has 1 atom stereocenters. The summed E-state index contributed by atoms with van der Waals surface area (Å²) in [5.74, 6) is 0.970. The Kier molecular flexibility index (Phi) is 3.29. The average molecular weight is 267 g/mol. The van der Waals surface area contributed by atoms with Gasteiger partial charge in [0.1, 0.15) is 5.76 Å². The van der Waals surface area contributed by atoms with Crippen LogP contribution in [0.1, 0.15) is 12.7 Å². The highest BCUT2D eigenvalue weighted by atomic mass is 16.3. The maximum atomic E-state index is 5.98. The first-order chi connectivity index (χ1) is 9.74. The van der Waals surface area contributed by atoms with Crippen LogP contribution in [0.4, 0.5) is 11.4 Å². The fourth-order valence-electron chi connectivity index (χ4n) is 2.36. The number of nitrogens with two attached hydrogens (primary N) is 1. The molecule has 0 radical (unpaired) electrons. The summed E-state index contributed by atoms with van der Waals surface area (Å²) in [7, 11) is 0. The molecule has 0 aliphatic carbocycles. The summed E-state index contributed by atoms with van der Waals surface area (Å²) >= 11 is 0. The van der Waals surface area contributed by atoms with Crippen LogP contribution in [-0.2, 0) is 6.42 Å². The molecule has 1 unspecified atom stereocenters. The molecule has 0 bridgehead atoms. The van der Waals surface area contributed by atoms with Gasteiger partial charge in [-0.3, -0.25) is 4.98 Å². The molecular weight excluding hydrogens is 250 g/mol. The molecule has 2 aromatic heterocycles. The molecule has 3 aromatic rings. The van der Waals surface area contributed by atoms with Gasteiger partial charge in [0.15, 0.2) is 0 Å². The summed E-state index contributed by atoms with van der Waals surface area (Å²) in [4.78, 5) is 4.43. The van der Waals surface area contributed by atoms with Crippen LogP contribution in [0.15, 0.2) is 53.3 Å². The number of aromatic nitrogens is 1. The number of fused-ring (bicyclic) bond motifs is 1. The molecular formula is C16H17N3O. The highest BCUT2D eigenvalue weighted by Gasteiger charge is 2.09. The van der Waals surface area contributed by atoms with Gasteiger partial charge in [-0.1, -0.05) is 0 Å². The van der Waals surface area contributed by atoms with E-state index >= 15 is 0 Å². The van der Waals surface area contributed by atoms with Crippen molar-refractivity contribution in [1.82, 2.24) is 4.98 Å². The van der Waals surface area contributed by atoms with Crippen molar-refractivity contribution >= 4 is 22.3 Å². The van der Waals surface area contributed by atoms with Crippen molar-refractivity contribution in [2.75, 3.05) is 11.1 Å². The molecule has 20 heavy (non-hydrogen) atoms. The Morgan fingerprint density at radius 3 is 2.95 bits per heavy atom. The number of nitrogens with one attached hydrogen (secondary N) is 1. The zero-order valence-electron chi connectivity index (χ0n) is 11.3. The third-order valence-electron chi connectivity index (χ3n) is 3.29. The topological polar surface area (TPSA) is 64.1 Å². The fourth-order valence-corrected chi connectivity index (χ4v) is 2.36. The fraction of sp³-hybridized carbons (Fsp3) is 0.188. The molecule has 4 heteroatoms. The highest BCUT2D eigenvalue weighted by Crippen LogP contribution is 2.27. The zero-order chi connectivity index (χ0) is 13.9. The van der Waals surface area contributed by atoms with Gasteiger partial charge in [0.05, 0.1) is 17.5 Å². The van der Waals surface area contributed by atoms with Gasteiger partial charge in [-0.25, -0.2) is 0 Å². The number of furan rings is 1. The van der Waals surface area contributed by atoms with E-state index in [0.717, 1.165) is 34.5 Å². The smallest absolute Gasteiger partial charge is 0.105 e. The number of rotatable bonds is 4. The molecule has 0 aliphatic rings. The lowest BCUT2D eigenvalue weighted by atomic mass is 10.1. The molecule has 3 rings (SSSR count). The number of nitrogen functional groups attached to an aromatic ring is 1. The lowest BCUT2D eigenvalue weighted by Crippen LogP contribution is -2.18. The first kappa shape index (κ1) is 12.5. The largest absolute Gasteiger partial charge is 0.469 e. The van der Waals surface area contributed by atoms with Crippen LogP contribution in [-0.4, -0.2) is 11.0 Å². The summed E-state index contributed by atoms with van der Waals surface area (Å²) in [5.41, 5.74) is 8.63. The number of benzene rings is 1. The van der Waals surface area contributed by atoms with E-state index in [-0.39, 0.29) is 6.04 Å². The standard InChI is InChI=1S/C16H17N3O/c1-11(10-12-4-3-9-20-12)19-15-7-6-14(17)13-5-2-8-18-16(13)15/h2-9,11,19H,10,17H2,1H3. The van der Waals surface area contributed by atoms with Gasteiger partial charge in [-0.2, -0.15) is 0 Å². The Hall–Kier alpha value is -2.49. The van der Waals surface area contributed by atoms with Gasteiger partial charge >= 0.3 is 0 Å². The Balaban J connectivity index is 1.85. The lowest BCUT2D eigenvalue weighted by Gasteiger charge is -2.16. The van der Waals surface area contributed by atoms with E-state index in [1.54, 1.807) is 12.5 Å². The van der Waals surface area contributed by atoms with E-state index in [1.807, 2.05) is 36.4 Å². The third-order valence-corrected chi connectivity index (χ3v) is 3.29. The van der Waals surface area contributed by atoms with Crippen molar-refractivity contribution in [1.29, 1.82) is 0 Å². The second-order valence-electron chi connectivity index (χ2n) is 4.93. The Morgan fingerprint density at radius 1 is 1.25 bits per heavy atom. The zero-order valence-corrected chi connectivity index (χ0v) is 11.3. The highest BCUT2D eigenvalue weighted by molar-refractivity contribution is 5.98. The van der Waals surface area contributed by atoms with Crippen LogP contribution in [0.5, 0.6) is 0 Å². The van der Waals surface area contributed by atoms with Gasteiger partial charge in [-0.15, -0.1) is 0 Å². The molecule has 0 spiro atoms. The molecule has 1 aromatic carbocycles. The Bertz CT molecular complexity index is 707. The van der Waals surface area contributed by atoms with Crippen LogP contribution < -0.4 is 11.1 Å². The van der Waals surface area contributed by atoms with Crippen LogP contribution in [0, 0.1) is 0 Å². The summed E-state index contributed by atoms with van der Waals surface area (Å²) in [5, 5.41) is 4.45. The van der Waals surface area contributed by atoms with E-state index in [4.69, 9.17) is 10.2 Å². The lowest BCUT2D eigenvalue weighted by molar-refractivity contribution is 0.498.